The quantitative estimate of drug-likeness (QED) is 0.656. The van der Waals surface area contributed by atoms with Crippen molar-refractivity contribution in [3.8, 4) is 5.69 Å². The van der Waals surface area contributed by atoms with Gasteiger partial charge in [-0.15, -0.1) is 0 Å². The summed E-state index contributed by atoms with van der Waals surface area (Å²) < 4.78 is 18.1. The van der Waals surface area contributed by atoms with Crippen molar-refractivity contribution in [3.63, 3.8) is 0 Å². The van der Waals surface area contributed by atoms with E-state index in [4.69, 9.17) is 20.1 Å². The van der Waals surface area contributed by atoms with Crippen molar-refractivity contribution in [1.82, 2.24) is 20.1 Å². The van der Waals surface area contributed by atoms with Gasteiger partial charge in [0.2, 0.25) is 5.91 Å². The molecule has 2 unspecified atom stereocenters. The van der Waals surface area contributed by atoms with E-state index in [-0.39, 0.29) is 24.1 Å². The topological polar surface area (TPSA) is 113 Å². The smallest absolute Gasteiger partial charge is 0.232 e. The number of halogens is 1. The first-order chi connectivity index (χ1) is 14.7. The van der Waals surface area contributed by atoms with Crippen LogP contribution in [0.3, 0.4) is 0 Å². The fourth-order valence-corrected chi connectivity index (χ4v) is 3.87. The SMILES string of the molecule is [2H]CNC(=O)[C@@H]1C(N)=NC(Cl)=CC1([2H])Nc1cccc2c1N(C)C(C)c1nc(C)nn1-2. The molecule has 2 aliphatic rings. The van der Waals surface area contributed by atoms with Crippen LogP contribution < -0.4 is 21.3 Å². The molecule has 2 aliphatic heterocycles. The van der Waals surface area contributed by atoms with Crippen molar-refractivity contribution >= 4 is 34.7 Å². The van der Waals surface area contributed by atoms with E-state index >= 15 is 0 Å². The molecule has 0 spiro atoms. The zero-order valence-corrected chi connectivity index (χ0v) is 17.0. The van der Waals surface area contributed by atoms with Crippen molar-refractivity contribution in [1.29, 1.82) is 0 Å². The van der Waals surface area contributed by atoms with Crippen LogP contribution in [-0.4, -0.2) is 46.6 Å². The number of nitrogens with one attached hydrogen (secondary N) is 2. The summed E-state index contributed by atoms with van der Waals surface area (Å²) in [6.45, 7) is 3.85. The lowest BCUT2D eigenvalue weighted by molar-refractivity contribution is -0.122. The average molecular weight is 417 g/mol. The molecule has 0 saturated heterocycles. The van der Waals surface area contributed by atoms with Gasteiger partial charge in [-0.2, -0.15) is 5.10 Å². The Hall–Kier alpha value is -3.07. The first-order valence-electron chi connectivity index (χ1n) is 10.2. The summed E-state index contributed by atoms with van der Waals surface area (Å²) in [6, 6.07) is 3.77. The summed E-state index contributed by atoms with van der Waals surface area (Å²) in [5, 5.41) is 10.1. The van der Waals surface area contributed by atoms with Crippen LogP contribution in [0.2, 0.25) is 0 Å². The molecule has 1 aromatic heterocycles. The maximum Gasteiger partial charge on any atom is 0.232 e. The van der Waals surface area contributed by atoms with Gasteiger partial charge in [0.15, 0.2) is 5.82 Å². The van der Waals surface area contributed by atoms with Gasteiger partial charge in [-0.05, 0) is 32.1 Å². The highest BCUT2D eigenvalue weighted by Gasteiger charge is 2.35. The maximum absolute atomic E-state index is 12.6. The number of hydrogen-bond acceptors (Lipinski definition) is 7. The van der Waals surface area contributed by atoms with Crippen molar-refractivity contribution in [2.75, 3.05) is 24.3 Å². The molecular weight excluding hydrogens is 392 g/mol. The van der Waals surface area contributed by atoms with Crippen molar-refractivity contribution in [2.24, 2.45) is 16.6 Å². The molecule has 152 valence electrons. The summed E-state index contributed by atoms with van der Waals surface area (Å²) in [5.41, 5.74) is 8.18. The molecule has 4 rings (SSSR count). The van der Waals surface area contributed by atoms with E-state index in [1.807, 2.05) is 44.0 Å². The number of hydrogen-bond donors (Lipinski definition) is 3. The first kappa shape index (κ1) is 16.8. The number of aryl methyl sites for hydroxylation is 1. The third-order valence-electron chi connectivity index (χ3n) is 5.12. The van der Waals surface area contributed by atoms with Crippen LogP contribution in [0.4, 0.5) is 11.4 Å². The number of aromatic nitrogens is 3. The minimum absolute atomic E-state index is 0.00984. The Morgan fingerprint density at radius 3 is 3.00 bits per heavy atom. The Labute approximate surface area is 176 Å². The molecule has 2 aromatic rings. The fourth-order valence-electron chi connectivity index (χ4n) is 3.65. The largest absolute Gasteiger partial charge is 0.386 e. The molecule has 1 amide bonds. The lowest BCUT2D eigenvalue weighted by Gasteiger charge is -2.36. The van der Waals surface area contributed by atoms with Crippen LogP contribution in [0.5, 0.6) is 0 Å². The summed E-state index contributed by atoms with van der Waals surface area (Å²) in [5.74, 6) is -0.375. The van der Waals surface area contributed by atoms with Crippen LogP contribution in [0.15, 0.2) is 34.4 Å². The standard InChI is InChI=1S/C19H23ClN8O/c1-9-18-23-10(2)26-28(18)13-7-5-6-11(16(13)27(9)4)24-12-8-14(20)25-17(21)15(12)19(29)22-3/h5-9,12,15,24H,1-4H3,(H2,21,25)(H,22,29)/t9?,12?,15-/m0/s1/i3D,12D. The van der Waals surface area contributed by atoms with E-state index < -0.39 is 17.8 Å². The van der Waals surface area contributed by atoms with Gasteiger partial charge in [0.1, 0.15) is 22.7 Å². The summed E-state index contributed by atoms with van der Waals surface area (Å²) in [7, 11) is 1.59. The third kappa shape index (κ3) is 3.11. The highest BCUT2D eigenvalue weighted by Crippen LogP contribution is 2.42. The van der Waals surface area contributed by atoms with Crippen LogP contribution in [0.25, 0.3) is 5.69 Å². The van der Waals surface area contributed by atoms with Gasteiger partial charge in [0.05, 0.1) is 30.5 Å². The zero-order chi connectivity index (χ0) is 22.5. The molecule has 29 heavy (non-hydrogen) atoms. The van der Waals surface area contributed by atoms with Gasteiger partial charge in [-0.1, -0.05) is 17.7 Å². The number of carbonyl (C=O) groups is 1. The minimum atomic E-state index is -1.72. The highest BCUT2D eigenvalue weighted by molar-refractivity contribution is 6.30. The summed E-state index contributed by atoms with van der Waals surface area (Å²) in [4.78, 5) is 23.2. The highest BCUT2D eigenvalue weighted by atomic mass is 35.5. The molecule has 0 bridgehead atoms. The number of nitrogens with zero attached hydrogens (tertiary/aromatic N) is 5. The molecule has 0 radical (unpaired) electrons. The molecule has 0 aliphatic carbocycles. The number of carbonyl (C=O) groups excluding carboxylic acids is 1. The first-order valence-corrected chi connectivity index (χ1v) is 9.41. The molecule has 0 fully saturated rings. The molecular formula is C19H23ClN8O. The monoisotopic (exact) mass is 416 g/mol. The normalized spacial score (nSPS) is 26.4. The molecule has 4 N–H and O–H groups in total. The molecule has 9 nitrogen and oxygen atoms in total. The zero-order valence-electron chi connectivity index (χ0n) is 18.3. The molecule has 3 atom stereocenters. The van der Waals surface area contributed by atoms with E-state index in [9.17, 15) is 4.79 Å². The minimum Gasteiger partial charge on any atom is -0.386 e. The average Bonchev–Trinajstić information content (AvgIpc) is 3.07. The second kappa shape index (κ2) is 7.07. The number of benzene rings is 1. The number of anilines is 2. The second-order valence-corrected chi connectivity index (χ2v) is 7.33. The molecule has 1 aromatic carbocycles. The van der Waals surface area contributed by atoms with Crippen LogP contribution >= 0.6 is 11.6 Å². The lowest BCUT2D eigenvalue weighted by atomic mass is 9.94. The number of amides is 1. The van der Waals surface area contributed by atoms with Gasteiger partial charge >= 0.3 is 0 Å². The van der Waals surface area contributed by atoms with E-state index in [0.717, 1.165) is 17.2 Å². The molecule has 10 heteroatoms. The van der Waals surface area contributed by atoms with Crippen molar-refractivity contribution < 1.29 is 7.54 Å². The number of amidine groups is 1. The molecule has 3 heterocycles. The van der Waals surface area contributed by atoms with Gasteiger partial charge < -0.3 is 21.3 Å². The Morgan fingerprint density at radius 1 is 1.45 bits per heavy atom. The van der Waals surface area contributed by atoms with Crippen molar-refractivity contribution in [3.05, 3.63) is 41.1 Å². The number of fused-ring (bicyclic) bond motifs is 3. The summed E-state index contributed by atoms with van der Waals surface area (Å²) in [6.07, 6.45) is 1.34. The fraction of sp³-hybridized carbons (Fsp3) is 0.368. The Bertz CT molecular complexity index is 1120. The molecule has 0 saturated carbocycles. The lowest BCUT2D eigenvalue weighted by Crippen LogP contribution is -2.48. The maximum atomic E-state index is 12.6. The van der Waals surface area contributed by atoms with Gasteiger partial charge in [-0.3, -0.25) is 4.79 Å². The Morgan fingerprint density at radius 2 is 2.24 bits per heavy atom. The second-order valence-electron chi connectivity index (χ2n) is 6.95. The Balaban J connectivity index is 1.82. The van der Waals surface area contributed by atoms with Crippen molar-refractivity contribution in [2.45, 2.75) is 25.9 Å². The van der Waals surface area contributed by atoms with Crippen LogP contribution in [0, 0.1) is 12.8 Å². The van der Waals surface area contributed by atoms with Gasteiger partial charge in [0.25, 0.3) is 0 Å². The number of aliphatic imine (C=N–C) groups is 1. The van der Waals surface area contributed by atoms with E-state index in [1.54, 1.807) is 4.68 Å². The number of nitrogens with two attached hydrogens (primary N) is 1. The predicted molar refractivity (Wildman–Crippen MR) is 113 cm³/mol. The predicted octanol–water partition coefficient (Wildman–Crippen LogP) is 1.68. The van der Waals surface area contributed by atoms with E-state index in [0.29, 0.717) is 11.5 Å². The van der Waals surface area contributed by atoms with E-state index in [1.165, 1.54) is 6.08 Å². The van der Waals surface area contributed by atoms with E-state index in [2.05, 4.69) is 25.7 Å². The van der Waals surface area contributed by atoms with Gasteiger partial charge in [-0.25, -0.2) is 14.7 Å². The third-order valence-corrected chi connectivity index (χ3v) is 5.31. The number of para-hydroxylation sites is 1. The van der Waals surface area contributed by atoms with Crippen LogP contribution in [-0.2, 0) is 4.79 Å². The summed E-state index contributed by atoms with van der Waals surface area (Å²) >= 11 is 6.11. The van der Waals surface area contributed by atoms with Gasteiger partial charge in [0, 0.05) is 15.4 Å². The number of rotatable bonds is 3. The Kier molecular flexibility index (Phi) is 4.11. The van der Waals surface area contributed by atoms with Crippen LogP contribution in [0.1, 0.15) is 27.4 Å².